The Morgan fingerprint density at radius 1 is 0.411 bits per heavy atom. The number of hydrogen-bond donors (Lipinski definition) is 4. The number of hydrogen-bond acceptors (Lipinski definition) is 5. The molecule has 0 bridgehead atoms. The van der Waals surface area contributed by atoms with Crippen molar-refractivity contribution in [1.29, 1.82) is 0 Å². The Hall–Kier alpha value is -0.690. The largest absolute Gasteiger partial charge is 0.390 e. The topological polar surface area (TPSA) is 76.6 Å². The van der Waals surface area contributed by atoms with Gasteiger partial charge in [-0.25, -0.2) is 0 Å². The third-order valence-electron chi connectivity index (χ3n) is 11.8. The number of amides is 1. The molecule has 0 saturated heterocycles. The number of aliphatic hydroxyl groups excluding tert-OH is 1. The average molecular weight is 793 g/mol. The van der Waals surface area contributed by atoms with E-state index >= 15 is 0 Å². The van der Waals surface area contributed by atoms with E-state index in [0.29, 0.717) is 19.6 Å². The van der Waals surface area contributed by atoms with Gasteiger partial charge in [0.1, 0.15) is 0 Å². The highest BCUT2D eigenvalue weighted by molar-refractivity contribution is 5.77. The van der Waals surface area contributed by atoms with Crippen LogP contribution in [0.2, 0.25) is 0 Å². The molecule has 1 atom stereocenters. The van der Waals surface area contributed by atoms with Gasteiger partial charge in [-0.05, 0) is 58.3 Å². The quantitative estimate of drug-likeness (QED) is 0.0462. The minimum absolute atomic E-state index is 0.0490. The van der Waals surface area contributed by atoms with E-state index in [2.05, 4.69) is 41.6 Å². The Balaban J connectivity index is 4.14. The van der Waals surface area contributed by atoms with Crippen LogP contribution in [0, 0.1) is 0 Å². The molecule has 0 aromatic heterocycles. The van der Waals surface area contributed by atoms with E-state index in [1.54, 1.807) is 0 Å². The van der Waals surface area contributed by atoms with E-state index in [1.165, 1.54) is 231 Å². The van der Waals surface area contributed by atoms with Crippen LogP contribution in [0.3, 0.4) is 0 Å². The lowest BCUT2D eigenvalue weighted by atomic mass is 10.0. The van der Waals surface area contributed by atoms with Crippen LogP contribution >= 0.6 is 0 Å². The summed E-state index contributed by atoms with van der Waals surface area (Å²) in [6.07, 6.45) is 49.7. The van der Waals surface area contributed by atoms with Crippen LogP contribution in [-0.2, 0) is 4.79 Å². The van der Waals surface area contributed by atoms with E-state index in [4.69, 9.17) is 0 Å². The Morgan fingerprint density at radius 2 is 0.714 bits per heavy atom. The predicted molar refractivity (Wildman–Crippen MR) is 249 cm³/mol. The van der Waals surface area contributed by atoms with Crippen molar-refractivity contribution < 1.29 is 9.90 Å². The summed E-state index contributed by atoms with van der Waals surface area (Å²) in [5.74, 6) is 0.0490. The van der Waals surface area contributed by atoms with Gasteiger partial charge in [0.15, 0.2) is 0 Å². The fourth-order valence-electron chi connectivity index (χ4n) is 8.07. The molecule has 0 aliphatic heterocycles. The van der Waals surface area contributed by atoms with Crippen molar-refractivity contribution >= 4 is 5.91 Å². The summed E-state index contributed by atoms with van der Waals surface area (Å²) in [4.78, 5) is 14.9. The lowest BCUT2D eigenvalue weighted by molar-refractivity contribution is -0.120. The molecular formula is C50H104N4O2. The summed E-state index contributed by atoms with van der Waals surface area (Å²) in [7, 11) is 0. The molecule has 56 heavy (non-hydrogen) atoms. The Bertz CT molecular complexity index is 738. The van der Waals surface area contributed by atoms with Gasteiger partial charge < -0.3 is 26.0 Å². The minimum Gasteiger partial charge on any atom is -0.390 e. The fraction of sp³-hybridized carbons (Fsp3) is 0.980. The van der Waals surface area contributed by atoms with E-state index in [1.807, 2.05) is 0 Å². The molecule has 0 saturated carbocycles. The van der Waals surface area contributed by atoms with Crippen molar-refractivity contribution in [3.8, 4) is 0 Å². The van der Waals surface area contributed by atoms with Crippen molar-refractivity contribution in [2.45, 2.75) is 264 Å². The van der Waals surface area contributed by atoms with Gasteiger partial charge in [-0.15, -0.1) is 0 Å². The molecule has 0 spiro atoms. The molecular weight excluding hydrogens is 689 g/mol. The predicted octanol–water partition coefficient (Wildman–Crippen LogP) is 13.4. The lowest BCUT2D eigenvalue weighted by Crippen LogP contribution is -2.42. The van der Waals surface area contributed by atoms with Gasteiger partial charge in [0.25, 0.3) is 0 Å². The molecule has 336 valence electrons. The monoisotopic (exact) mass is 793 g/mol. The van der Waals surface area contributed by atoms with Crippen LogP contribution < -0.4 is 16.0 Å². The number of aliphatic hydroxyl groups is 1. The third kappa shape index (κ3) is 46.0. The first kappa shape index (κ1) is 55.3. The fourth-order valence-corrected chi connectivity index (χ4v) is 8.07. The normalized spacial score (nSPS) is 12.2. The Morgan fingerprint density at radius 3 is 1.11 bits per heavy atom. The van der Waals surface area contributed by atoms with Crippen LogP contribution in [0.1, 0.15) is 258 Å². The van der Waals surface area contributed by atoms with Crippen LogP contribution in [0.5, 0.6) is 0 Å². The maximum absolute atomic E-state index is 12.4. The first-order valence-electron chi connectivity index (χ1n) is 25.7. The number of nitrogens with one attached hydrogen (secondary N) is 3. The smallest absolute Gasteiger partial charge is 0.233 e. The van der Waals surface area contributed by atoms with E-state index in [-0.39, 0.29) is 5.91 Å². The van der Waals surface area contributed by atoms with Crippen molar-refractivity contribution in [3.05, 3.63) is 0 Å². The molecule has 1 unspecified atom stereocenters. The lowest BCUT2D eigenvalue weighted by Gasteiger charge is -2.25. The van der Waals surface area contributed by atoms with Crippen LogP contribution in [0.15, 0.2) is 0 Å². The van der Waals surface area contributed by atoms with Crippen LogP contribution in [0.4, 0.5) is 0 Å². The highest BCUT2D eigenvalue weighted by Crippen LogP contribution is 2.14. The molecule has 0 rings (SSSR count). The zero-order chi connectivity index (χ0) is 40.7. The maximum Gasteiger partial charge on any atom is 0.233 e. The van der Waals surface area contributed by atoms with Gasteiger partial charge in [-0.2, -0.15) is 0 Å². The maximum atomic E-state index is 12.4. The second-order valence-corrected chi connectivity index (χ2v) is 17.7. The second kappa shape index (κ2) is 48.7. The SMILES string of the molecule is CCCCCCCCCCCCCCCN(CCCCNCCCCCCCCCCCCCC)CC(O)CNCC(=O)NCCCCCCCCCCCC. The van der Waals surface area contributed by atoms with Crippen LogP contribution in [0.25, 0.3) is 0 Å². The first-order chi connectivity index (χ1) is 27.6. The third-order valence-corrected chi connectivity index (χ3v) is 11.8. The molecule has 4 N–H and O–H groups in total. The molecule has 0 aliphatic rings. The van der Waals surface area contributed by atoms with Gasteiger partial charge in [0, 0.05) is 19.6 Å². The Labute approximate surface area is 352 Å². The number of nitrogens with zero attached hydrogens (tertiary/aromatic N) is 1. The molecule has 0 heterocycles. The van der Waals surface area contributed by atoms with Crippen molar-refractivity contribution in [3.63, 3.8) is 0 Å². The number of rotatable bonds is 49. The van der Waals surface area contributed by atoms with Crippen LogP contribution in [-0.4, -0.2) is 74.4 Å². The first-order valence-corrected chi connectivity index (χ1v) is 25.7. The van der Waals surface area contributed by atoms with E-state index in [9.17, 15) is 9.90 Å². The highest BCUT2D eigenvalue weighted by Gasteiger charge is 2.12. The summed E-state index contributed by atoms with van der Waals surface area (Å²) in [5.41, 5.74) is 0. The molecule has 0 aliphatic carbocycles. The Kier molecular flexibility index (Phi) is 48.1. The molecule has 6 nitrogen and oxygen atoms in total. The summed E-state index contributed by atoms with van der Waals surface area (Å²) in [5, 5.41) is 20.9. The molecule has 0 aromatic carbocycles. The van der Waals surface area contributed by atoms with Crippen molar-refractivity contribution in [2.24, 2.45) is 0 Å². The zero-order valence-corrected chi connectivity index (χ0v) is 38.7. The summed E-state index contributed by atoms with van der Waals surface area (Å²) in [6.45, 7) is 13.5. The van der Waals surface area contributed by atoms with Gasteiger partial charge in [0.05, 0.1) is 12.6 Å². The van der Waals surface area contributed by atoms with E-state index in [0.717, 1.165) is 39.1 Å². The van der Waals surface area contributed by atoms with Crippen molar-refractivity contribution in [1.82, 2.24) is 20.9 Å². The molecule has 0 fully saturated rings. The molecule has 0 radical (unpaired) electrons. The summed E-state index contributed by atoms with van der Waals surface area (Å²) in [6, 6.07) is 0. The van der Waals surface area contributed by atoms with Crippen molar-refractivity contribution in [2.75, 3.05) is 52.4 Å². The summed E-state index contributed by atoms with van der Waals surface area (Å²) >= 11 is 0. The minimum atomic E-state index is -0.448. The highest BCUT2D eigenvalue weighted by atomic mass is 16.3. The molecule has 6 heteroatoms. The van der Waals surface area contributed by atoms with Gasteiger partial charge in [-0.3, -0.25) is 4.79 Å². The van der Waals surface area contributed by atoms with Gasteiger partial charge in [0.2, 0.25) is 5.91 Å². The van der Waals surface area contributed by atoms with Gasteiger partial charge >= 0.3 is 0 Å². The standard InChI is InChI=1S/C50H104N4O2/c1-4-7-10-13-16-19-22-24-26-29-32-35-39-44-54(45-40-38-42-51-41-36-33-30-27-25-23-20-17-14-11-8-5-2)48-49(55)46-52-47-50(56)53-43-37-34-31-28-21-18-15-12-9-6-3/h49,51-52,55H,4-48H2,1-3H3,(H,53,56). The number of unbranched alkanes of at least 4 members (excludes halogenated alkanes) is 33. The van der Waals surface area contributed by atoms with Gasteiger partial charge in [-0.1, -0.05) is 226 Å². The average Bonchev–Trinajstić information content (AvgIpc) is 3.19. The number of carbonyl (C=O) groups is 1. The number of carbonyl (C=O) groups excluding carboxylic acids is 1. The molecule has 0 aromatic rings. The summed E-state index contributed by atoms with van der Waals surface area (Å²) < 4.78 is 0. The molecule has 1 amide bonds. The zero-order valence-electron chi connectivity index (χ0n) is 38.7. The second-order valence-electron chi connectivity index (χ2n) is 17.7. The van der Waals surface area contributed by atoms with E-state index < -0.39 is 6.10 Å².